The zero-order valence-electron chi connectivity index (χ0n) is 12.1. The second-order valence-corrected chi connectivity index (χ2v) is 4.59. The molecule has 0 fully saturated rings. The Bertz CT molecular complexity index is 579. The Morgan fingerprint density at radius 1 is 1.00 bits per heavy atom. The molecule has 5 heteroatoms. The highest BCUT2D eigenvalue weighted by Gasteiger charge is 1.97. The summed E-state index contributed by atoms with van der Waals surface area (Å²) in [6.07, 6.45) is 0. The molecule has 0 saturated heterocycles. The second kappa shape index (κ2) is 7.19. The molecule has 3 N–H and O–H groups in total. The van der Waals surface area contributed by atoms with E-state index in [1.165, 1.54) is 12.5 Å². The van der Waals surface area contributed by atoms with Crippen molar-refractivity contribution in [3.05, 3.63) is 54.1 Å². The zero-order valence-corrected chi connectivity index (χ0v) is 12.1. The molecule has 2 aromatic carbocycles. The van der Waals surface area contributed by atoms with E-state index < -0.39 is 0 Å². The fraction of sp³-hybridized carbons (Fsp3) is 0.188. The van der Waals surface area contributed by atoms with Crippen LogP contribution in [0, 0.1) is 0 Å². The van der Waals surface area contributed by atoms with Gasteiger partial charge in [-0.2, -0.15) is 0 Å². The number of carbonyl (C=O) groups excluding carboxylic acids is 1. The number of rotatable bonds is 6. The van der Waals surface area contributed by atoms with Gasteiger partial charge in [-0.05, 0) is 42.0 Å². The van der Waals surface area contributed by atoms with E-state index in [0.717, 1.165) is 23.7 Å². The van der Waals surface area contributed by atoms with Crippen LogP contribution >= 0.6 is 0 Å². The van der Waals surface area contributed by atoms with Crippen molar-refractivity contribution in [1.29, 1.82) is 0 Å². The third kappa shape index (κ3) is 4.72. The van der Waals surface area contributed by atoms with Crippen LogP contribution in [0.15, 0.2) is 48.5 Å². The summed E-state index contributed by atoms with van der Waals surface area (Å²) in [6.45, 7) is 2.19. The van der Waals surface area contributed by atoms with Crippen LogP contribution < -0.4 is 20.9 Å². The average molecular weight is 285 g/mol. The lowest BCUT2D eigenvalue weighted by molar-refractivity contribution is -0.118. The van der Waals surface area contributed by atoms with E-state index in [1.54, 1.807) is 7.11 Å². The first kappa shape index (κ1) is 14.7. The molecule has 0 unspecified atom stereocenters. The Morgan fingerprint density at radius 2 is 1.62 bits per heavy atom. The Balaban J connectivity index is 1.86. The molecule has 0 aromatic heterocycles. The number of anilines is 2. The first-order chi connectivity index (χ1) is 10.2. The zero-order chi connectivity index (χ0) is 15.1. The molecular formula is C16H19N3O2. The first-order valence-electron chi connectivity index (χ1n) is 6.67. The van der Waals surface area contributed by atoms with Crippen molar-refractivity contribution >= 4 is 17.3 Å². The van der Waals surface area contributed by atoms with Crippen molar-refractivity contribution in [2.24, 2.45) is 0 Å². The van der Waals surface area contributed by atoms with Crippen LogP contribution in [0.4, 0.5) is 11.4 Å². The van der Waals surface area contributed by atoms with Crippen LogP contribution in [0.3, 0.4) is 0 Å². The van der Waals surface area contributed by atoms with Crippen LogP contribution in [0.1, 0.15) is 12.5 Å². The van der Waals surface area contributed by atoms with Gasteiger partial charge in [0.25, 0.3) is 0 Å². The summed E-state index contributed by atoms with van der Waals surface area (Å²) in [5, 5.41) is 3.33. The lowest BCUT2D eigenvalue weighted by Crippen LogP contribution is -2.26. The number of ether oxygens (including phenoxy) is 1. The summed E-state index contributed by atoms with van der Waals surface area (Å²) >= 11 is 0. The van der Waals surface area contributed by atoms with E-state index in [9.17, 15) is 4.79 Å². The standard InChI is InChI=1S/C16H19N3O2/c1-12(20)18-19-15-7-5-14(6-8-15)17-11-13-3-9-16(21-2)10-4-13/h3-10,17,19H,11H2,1-2H3,(H,18,20). The van der Waals surface area contributed by atoms with Crippen molar-refractivity contribution in [3.63, 3.8) is 0 Å². The number of methoxy groups -OCH3 is 1. The van der Waals surface area contributed by atoms with Gasteiger partial charge in [0.1, 0.15) is 5.75 Å². The van der Waals surface area contributed by atoms with Gasteiger partial charge in [0.15, 0.2) is 0 Å². The maximum atomic E-state index is 10.8. The molecular weight excluding hydrogens is 266 g/mol. The highest BCUT2D eigenvalue weighted by molar-refractivity contribution is 5.74. The highest BCUT2D eigenvalue weighted by Crippen LogP contribution is 2.15. The minimum atomic E-state index is -0.128. The largest absolute Gasteiger partial charge is 0.497 e. The van der Waals surface area contributed by atoms with Crippen LogP contribution in [0.5, 0.6) is 5.75 Å². The number of carbonyl (C=O) groups is 1. The maximum absolute atomic E-state index is 10.8. The van der Waals surface area contributed by atoms with Gasteiger partial charge in [-0.15, -0.1) is 0 Å². The van der Waals surface area contributed by atoms with Crippen LogP contribution in [0.2, 0.25) is 0 Å². The summed E-state index contributed by atoms with van der Waals surface area (Å²) in [5.74, 6) is 0.726. The lowest BCUT2D eigenvalue weighted by Gasteiger charge is -2.09. The van der Waals surface area contributed by atoms with Crippen molar-refractivity contribution < 1.29 is 9.53 Å². The molecule has 0 aliphatic rings. The topological polar surface area (TPSA) is 62.4 Å². The number of hydrogen-bond acceptors (Lipinski definition) is 4. The molecule has 2 aromatic rings. The molecule has 0 aliphatic heterocycles. The van der Waals surface area contributed by atoms with Crippen molar-refractivity contribution in [2.75, 3.05) is 17.9 Å². The first-order valence-corrected chi connectivity index (χ1v) is 6.67. The number of amides is 1. The summed E-state index contributed by atoms with van der Waals surface area (Å²) < 4.78 is 5.13. The Morgan fingerprint density at radius 3 is 2.19 bits per heavy atom. The summed E-state index contributed by atoms with van der Waals surface area (Å²) in [4.78, 5) is 10.8. The molecule has 0 saturated carbocycles. The fourth-order valence-electron chi connectivity index (χ4n) is 1.78. The quantitative estimate of drug-likeness (QED) is 0.714. The van der Waals surface area contributed by atoms with Crippen molar-refractivity contribution in [2.45, 2.75) is 13.5 Å². The van der Waals surface area contributed by atoms with Crippen molar-refractivity contribution in [1.82, 2.24) is 5.43 Å². The van der Waals surface area contributed by atoms with E-state index in [-0.39, 0.29) is 5.91 Å². The Labute approximate surface area is 124 Å². The van der Waals surface area contributed by atoms with E-state index >= 15 is 0 Å². The molecule has 1 amide bonds. The molecule has 110 valence electrons. The van der Waals surface area contributed by atoms with Gasteiger partial charge >= 0.3 is 0 Å². The summed E-state index contributed by atoms with van der Waals surface area (Å²) in [6, 6.07) is 15.6. The third-order valence-corrected chi connectivity index (χ3v) is 2.92. The number of benzene rings is 2. The molecule has 0 spiro atoms. The van der Waals surface area contributed by atoms with Crippen LogP contribution in [-0.4, -0.2) is 13.0 Å². The van der Waals surface area contributed by atoms with Gasteiger partial charge in [-0.1, -0.05) is 12.1 Å². The number of hydrazine groups is 1. The van der Waals surface area contributed by atoms with E-state index in [4.69, 9.17) is 4.74 Å². The summed E-state index contributed by atoms with van der Waals surface area (Å²) in [5.41, 5.74) is 8.37. The number of nitrogens with one attached hydrogen (secondary N) is 3. The predicted molar refractivity (Wildman–Crippen MR) is 84.2 cm³/mol. The third-order valence-electron chi connectivity index (χ3n) is 2.92. The minimum absolute atomic E-state index is 0.128. The van der Waals surface area contributed by atoms with E-state index in [1.807, 2.05) is 48.5 Å². The molecule has 0 atom stereocenters. The van der Waals surface area contributed by atoms with Gasteiger partial charge < -0.3 is 10.1 Å². The smallest absolute Gasteiger partial charge is 0.235 e. The predicted octanol–water partition coefficient (Wildman–Crippen LogP) is 2.77. The van der Waals surface area contributed by atoms with E-state index in [0.29, 0.717) is 0 Å². The molecule has 5 nitrogen and oxygen atoms in total. The molecule has 21 heavy (non-hydrogen) atoms. The highest BCUT2D eigenvalue weighted by atomic mass is 16.5. The van der Waals surface area contributed by atoms with Gasteiger partial charge in [0.2, 0.25) is 5.91 Å². The number of hydrogen-bond donors (Lipinski definition) is 3. The molecule has 0 radical (unpaired) electrons. The fourth-order valence-corrected chi connectivity index (χ4v) is 1.78. The SMILES string of the molecule is COc1ccc(CNc2ccc(NNC(C)=O)cc2)cc1. The lowest BCUT2D eigenvalue weighted by atomic mass is 10.2. The Kier molecular flexibility index (Phi) is 5.04. The van der Waals surface area contributed by atoms with Gasteiger partial charge in [0.05, 0.1) is 12.8 Å². The Hall–Kier alpha value is -2.69. The van der Waals surface area contributed by atoms with Crippen LogP contribution in [-0.2, 0) is 11.3 Å². The molecule has 0 heterocycles. The van der Waals surface area contributed by atoms with Gasteiger partial charge in [0, 0.05) is 19.2 Å². The molecule has 0 aliphatic carbocycles. The van der Waals surface area contributed by atoms with Crippen LogP contribution in [0.25, 0.3) is 0 Å². The van der Waals surface area contributed by atoms with E-state index in [2.05, 4.69) is 16.2 Å². The average Bonchev–Trinajstić information content (AvgIpc) is 2.52. The molecule has 2 rings (SSSR count). The maximum Gasteiger partial charge on any atom is 0.235 e. The van der Waals surface area contributed by atoms with Gasteiger partial charge in [-0.3, -0.25) is 15.6 Å². The normalized spacial score (nSPS) is 9.81. The minimum Gasteiger partial charge on any atom is -0.497 e. The monoisotopic (exact) mass is 285 g/mol. The summed E-state index contributed by atoms with van der Waals surface area (Å²) in [7, 11) is 1.66. The second-order valence-electron chi connectivity index (χ2n) is 4.59. The van der Waals surface area contributed by atoms with Gasteiger partial charge in [-0.25, -0.2) is 0 Å². The van der Waals surface area contributed by atoms with Crippen molar-refractivity contribution in [3.8, 4) is 5.75 Å². The molecule has 0 bridgehead atoms.